The molecule has 1 amide bonds. The van der Waals surface area contributed by atoms with E-state index in [1.165, 1.54) is 0 Å². The van der Waals surface area contributed by atoms with Crippen LogP contribution in [0.3, 0.4) is 0 Å². The molecular formula is C23H37BN4O4. The van der Waals surface area contributed by atoms with Crippen LogP contribution < -0.4 is 10.4 Å². The summed E-state index contributed by atoms with van der Waals surface area (Å²) in [6.45, 7) is 15.2. The van der Waals surface area contributed by atoms with Gasteiger partial charge >= 0.3 is 13.2 Å². The van der Waals surface area contributed by atoms with Crippen molar-refractivity contribution >= 4 is 24.6 Å². The Kier molecular flexibility index (Phi) is 5.95. The van der Waals surface area contributed by atoms with Crippen LogP contribution in [0.25, 0.3) is 0 Å². The lowest BCUT2D eigenvalue weighted by Gasteiger charge is -2.40. The standard InChI is InChI=1S/C23H37BN4O4/c1-21(2,3)30-20(29)27-12-8-9-18(15-27)28(17-10-11-17)19-25-13-16(14-26-19)24-31-22(4,5)23(6,7)32-24/h13-14,17-18H,8-12,15H2,1-7H3/t18-/m1/s1. The van der Waals surface area contributed by atoms with Gasteiger partial charge < -0.3 is 23.8 Å². The predicted molar refractivity (Wildman–Crippen MR) is 124 cm³/mol. The number of hydrogen-bond donors (Lipinski definition) is 0. The SMILES string of the molecule is CC(C)(C)OC(=O)N1CCC[C@@H](N(c2ncc(B3OC(C)(C)C(C)(C)O3)cn2)C2CC2)C1. The van der Waals surface area contributed by atoms with Crippen molar-refractivity contribution in [1.82, 2.24) is 14.9 Å². The molecule has 0 N–H and O–H groups in total. The monoisotopic (exact) mass is 444 g/mol. The summed E-state index contributed by atoms with van der Waals surface area (Å²) in [5.74, 6) is 0.712. The Morgan fingerprint density at radius 3 is 2.22 bits per heavy atom. The zero-order valence-electron chi connectivity index (χ0n) is 20.6. The third-order valence-corrected chi connectivity index (χ3v) is 6.80. The van der Waals surface area contributed by atoms with Crippen molar-refractivity contribution in [2.24, 2.45) is 0 Å². The van der Waals surface area contributed by atoms with E-state index in [9.17, 15) is 4.79 Å². The number of anilines is 1. The van der Waals surface area contributed by atoms with E-state index in [1.807, 2.05) is 65.8 Å². The minimum absolute atomic E-state index is 0.187. The molecule has 32 heavy (non-hydrogen) atoms. The quantitative estimate of drug-likeness (QED) is 0.661. The second-order valence-electron chi connectivity index (χ2n) is 11.3. The molecule has 2 aliphatic heterocycles. The van der Waals surface area contributed by atoms with Gasteiger partial charge in [-0.2, -0.15) is 0 Å². The van der Waals surface area contributed by atoms with E-state index in [4.69, 9.17) is 24.0 Å². The second-order valence-corrected chi connectivity index (χ2v) is 11.3. The third-order valence-electron chi connectivity index (χ3n) is 6.80. The highest BCUT2D eigenvalue weighted by molar-refractivity contribution is 6.61. The summed E-state index contributed by atoms with van der Waals surface area (Å²) in [5.41, 5.74) is -0.470. The average Bonchev–Trinajstić information content (AvgIpc) is 3.48. The van der Waals surface area contributed by atoms with E-state index in [1.54, 1.807) is 0 Å². The number of hydrogen-bond acceptors (Lipinski definition) is 7. The van der Waals surface area contributed by atoms with Crippen molar-refractivity contribution < 1.29 is 18.8 Å². The van der Waals surface area contributed by atoms with Gasteiger partial charge in [0.25, 0.3) is 0 Å². The largest absolute Gasteiger partial charge is 0.498 e. The lowest BCUT2D eigenvalue weighted by Crippen LogP contribution is -2.52. The number of piperidine rings is 1. The molecule has 4 rings (SSSR count). The van der Waals surface area contributed by atoms with Crippen molar-refractivity contribution in [2.75, 3.05) is 18.0 Å². The van der Waals surface area contributed by atoms with Crippen molar-refractivity contribution in [3.05, 3.63) is 12.4 Å². The Balaban J connectivity index is 1.47. The van der Waals surface area contributed by atoms with Crippen molar-refractivity contribution in [3.8, 4) is 0 Å². The first-order valence-corrected chi connectivity index (χ1v) is 11.8. The summed E-state index contributed by atoms with van der Waals surface area (Å²) >= 11 is 0. The number of carbonyl (C=O) groups is 1. The Morgan fingerprint density at radius 2 is 1.69 bits per heavy atom. The summed E-state index contributed by atoms with van der Waals surface area (Å²) in [5, 5.41) is 0. The van der Waals surface area contributed by atoms with Crippen molar-refractivity contribution in [3.63, 3.8) is 0 Å². The van der Waals surface area contributed by atoms with Gasteiger partial charge in [-0.05, 0) is 74.1 Å². The summed E-state index contributed by atoms with van der Waals surface area (Å²) < 4.78 is 17.9. The Bertz CT molecular complexity index is 819. The maximum absolute atomic E-state index is 12.6. The Morgan fingerprint density at radius 1 is 1.09 bits per heavy atom. The number of ether oxygens (including phenoxy) is 1. The molecule has 2 saturated heterocycles. The van der Waals surface area contributed by atoms with E-state index in [2.05, 4.69) is 4.90 Å². The van der Waals surface area contributed by atoms with Crippen LogP contribution in [0.5, 0.6) is 0 Å². The highest BCUT2D eigenvalue weighted by atomic mass is 16.7. The van der Waals surface area contributed by atoms with Gasteiger partial charge in [-0.3, -0.25) is 0 Å². The van der Waals surface area contributed by atoms with Crippen LogP contribution in [0.15, 0.2) is 12.4 Å². The van der Waals surface area contributed by atoms with Gasteiger partial charge in [-0.25, -0.2) is 14.8 Å². The molecule has 1 aliphatic carbocycles. The molecule has 0 radical (unpaired) electrons. The fourth-order valence-electron chi connectivity index (χ4n) is 4.22. The first-order valence-electron chi connectivity index (χ1n) is 11.8. The highest BCUT2D eigenvalue weighted by Crippen LogP contribution is 2.37. The Labute approximate surface area is 192 Å². The minimum Gasteiger partial charge on any atom is -0.444 e. The summed E-state index contributed by atoms with van der Waals surface area (Å²) in [6.07, 6.45) is 7.60. The summed E-state index contributed by atoms with van der Waals surface area (Å²) in [7, 11) is -0.472. The molecule has 3 aliphatic rings. The van der Waals surface area contributed by atoms with Gasteiger partial charge in [0.1, 0.15) is 5.60 Å². The lowest BCUT2D eigenvalue weighted by atomic mass is 9.81. The fraction of sp³-hybridized carbons (Fsp3) is 0.783. The van der Waals surface area contributed by atoms with Gasteiger partial charge in [-0.15, -0.1) is 0 Å². The number of nitrogens with zero attached hydrogens (tertiary/aromatic N) is 4. The van der Waals surface area contributed by atoms with Crippen LogP contribution >= 0.6 is 0 Å². The van der Waals surface area contributed by atoms with Crippen LogP contribution in [0.4, 0.5) is 10.7 Å². The number of carbonyl (C=O) groups excluding carboxylic acids is 1. The molecule has 8 nitrogen and oxygen atoms in total. The summed E-state index contributed by atoms with van der Waals surface area (Å²) in [6, 6.07) is 0.618. The smallest absolute Gasteiger partial charge is 0.444 e. The lowest BCUT2D eigenvalue weighted by molar-refractivity contribution is 0.00578. The number of rotatable bonds is 4. The highest BCUT2D eigenvalue weighted by Gasteiger charge is 2.52. The van der Waals surface area contributed by atoms with Crippen LogP contribution in [0.1, 0.15) is 74.1 Å². The molecule has 1 atom stereocenters. The molecule has 0 spiro atoms. The zero-order chi connectivity index (χ0) is 23.3. The number of likely N-dealkylation sites (tertiary alicyclic amines) is 1. The molecule has 1 aromatic rings. The van der Waals surface area contributed by atoms with E-state index >= 15 is 0 Å². The second kappa shape index (κ2) is 8.17. The van der Waals surface area contributed by atoms with Crippen LogP contribution in [-0.2, 0) is 14.0 Å². The van der Waals surface area contributed by atoms with E-state index < -0.39 is 23.9 Å². The van der Waals surface area contributed by atoms with Crippen molar-refractivity contribution in [2.45, 2.75) is 103 Å². The third kappa shape index (κ3) is 4.88. The van der Waals surface area contributed by atoms with E-state index in [0.717, 1.165) is 37.7 Å². The van der Waals surface area contributed by atoms with Gasteiger partial charge in [0, 0.05) is 43.0 Å². The molecule has 9 heteroatoms. The topological polar surface area (TPSA) is 77.0 Å². The number of aromatic nitrogens is 2. The molecule has 0 aromatic carbocycles. The first-order chi connectivity index (χ1) is 14.9. The van der Waals surface area contributed by atoms with Crippen LogP contribution in [0.2, 0.25) is 0 Å². The maximum Gasteiger partial charge on any atom is 0.498 e. The average molecular weight is 444 g/mol. The molecule has 176 valence electrons. The summed E-state index contributed by atoms with van der Waals surface area (Å²) in [4.78, 5) is 26.2. The normalized spacial score (nSPS) is 25.0. The van der Waals surface area contributed by atoms with Gasteiger partial charge in [0.05, 0.1) is 11.2 Å². The zero-order valence-corrected chi connectivity index (χ0v) is 20.6. The molecule has 0 unspecified atom stereocenters. The molecule has 1 saturated carbocycles. The molecule has 0 bridgehead atoms. The maximum atomic E-state index is 12.6. The molecule has 1 aromatic heterocycles. The Hall–Kier alpha value is -1.87. The van der Waals surface area contributed by atoms with Gasteiger partial charge in [0.2, 0.25) is 5.95 Å². The van der Waals surface area contributed by atoms with Gasteiger partial charge in [-0.1, -0.05) is 0 Å². The van der Waals surface area contributed by atoms with E-state index in [-0.39, 0.29) is 12.1 Å². The first kappa shape index (κ1) is 23.3. The van der Waals surface area contributed by atoms with Crippen molar-refractivity contribution in [1.29, 1.82) is 0 Å². The fourth-order valence-corrected chi connectivity index (χ4v) is 4.22. The molecule has 3 heterocycles. The van der Waals surface area contributed by atoms with Crippen LogP contribution in [0, 0.1) is 0 Å². The van der Waals surface area contributed by atoms with Gasteiger partial charge in [0.15, 0.2) is 0 Å². The molecule has 3 fully saturated rings. The molecular weight excluding hydrogens is 407 g/mol. The van der Waals surface area contributed by atoms with Crippen LogP contribution in [-0.4, -0.2) is 70.1 Å². The minimum atomic E-state index is -0.493. The number of amides is 1. The predicted octanol–water partition coefficient (Wildman–Crippen LogP) is 3.14. The van der Waals surface area contributed by atoms with E-state index in [0.29, 0.717) is 18.5 Å².